The van der Waals surface area contributed by atoms with Gasteiger partial charge < -0.3 is 20.3 Å². The van der Waals surface area contributed by atoms with Crippen molar-refractivity contribution in [3.63, 3.8) is 0 Å². The molecule has 0 atom stereocenters. The normalized spacial score (nSPS) is 21.3. The first-order chi connectivity index (χ1) is 12.2. The monoisotopic (exact) mass is 478 g/mol. The van der Waals surface area contributed by atoms with E-state index in [9.17, 15) is 4.79 Å². The van der Waals surface area contributed by atoms with Crippen LogP contribution in [0, 0.1) is 17.8 Å². The number of halogens is 1. The van der Waals surface area contributed by atoms with Gasteiger partial charge in [0, 0.05) is 32.2 Å². The molecule has 1 saturated heterocycles. The van der Waals surface area contributed by atoms with Gasteiger partial charge in [0.05, 0.1) is 6.61 Å². The van der Waals surface area contributed by atoms with Crippen LogP contribution in [0.15, 0.2) is 4.99 Å². The zero-order valence-corrected chi connectivity index (χ0v) is 18.5. The molecule has 6 nitrogen and oxygen atoms in total. The van der Waals surface area contributed by atoms with Crippen LogP contribution in [0.25, 0.3) is 0 Å². The van der Waals surface area contributed by atoms with Gasteiger partial charge in [-0.1, -0.05) is 0 Å². The van der Waals surface area contributed by atoms with Crippen molar-refractivity contribution in [2.75, 3.05) is 32.8 Å². The van der Waals surface area contributed by atoms with Crippen molar-refractivity contribution in [2.45, 2.75) is 58.4 Å². The molecule has 3 fully saturated rings. The van der Waals surface area contributed by atoms with Gasteiger partial charge in [0.15, 0.2) is 5.96 Å². The first-order valence-corrected chi connectivity index (χ1v) is 10.2. The molecule has 0 aromatic rings. The van der Waals surface area contributed by atoms with Crippen LogP contribution in [0.4, 0.5) is 4.79 Å². The fourth-order valence-electron chi connectivity index (χ4n) is 3.86. The van der Waals surface area contributed by atoms with Gasteiger partial charge in [0.2, 0.25) is 0 Å². The third-order valence-corrected chi connectivity index (χ3v) is 5.62. The number of guanidine groups is 1. The van der Waals surface area contributed by atoms with E-state index in [0.29, 0.717) is 12.6 Å². The summed E-state index contributed by atoms with van der Waals surface area (Å²) in [5.41, 5.74) is 0. The van der Waals surface area contributed by atoms with Gasteiger partial charge >= 0.3 is 6.09 Å². The van der Waals surface area contributed by atoms with E-state index in [0.717, 1.165) is 62.7 Å². The number of hydrogen-bond acceptors (Lipinski definition) is 3. The third kappa shape index (κ3) is 6.46. The molecule has 0 radical (unpaired) electrons. The summed E-state index contributed by atoms with van der Waals surface area (Å²) in [6.07, 6.45) is 7.34. The molecule has 1 aliphatic heterocycles. The predicted octanol–water partition coefficient (Wildman–Crippen LogP) is 3.22. The Morgan fingerprint density at radius 3 is 2.23 bits per heavy atom. The fraction of sp³-hybridized carbons (Fsp3) is 0.895. The van der Waals surface area contributed by atoms with Crippen molar-refractivity contribution in [1.29, 1.82) is 0 Å². The molecule has 0 spiro atoms. The van der Waals surface area contributed by atoms with E-state index >= 15 is 0 Å². The van der Waals surface area contributed by atoms with Gasteiger partial charge in [-0.05, 0) is 70.1 Å². The maximum Gasteiger partial charge on any atom is 0.409 e. The van der Waals surface area contributed by atoms with E-state index in [-0.39, 0.29) is 30.1 Å². The molecule has 0 bridgehead atoms. The summed E-state index contributed by atoms with van der Waals surface area (Å²) >= 11 is 0. The highest BCUT2D eigenvalue weighted by molar-refractivity contribution is 14.0. The minimum absolute atomic E-state index is 0. The number of likely N-dealkylation sites (tertiary alicyclic amines) is 1. The summed E-state index contributed by atoms with van der Waals surface area (Å²) < 4.78 is 5.09. The summed E-state index contributed by atoms with van der Waals surface area (Å²) in [5, 5.41) is 6.97. The zero-order valence-electron chi connectivity index (χ0n) is 16.2. The largest absolute Gasteiger partial charge is 0.450 e. The number of rotatable bonds is 7. The second kappa shape index (κ2) is 10.6. The van der Waals surface area contributed by atoms with E-state index < -0.39 is 0 Å². The molecule has 2 N–H and O–H groups in total. The van der Waals surface area contributed by atoms with Crippen LogP contribution >= 0.6 is 24.0 Å². The average Bonchev–Trinajstić information content (AvgIpc) is 3.50. The van der Waals surface area contributed by atoms with Crippen molar-refractivity contribution < 1.29 is 9.53 Å². The molecule has 3 rings (SSSR count). The molecule has 0 aromatic carbocycles. The minimum atomic E-state index is -0.182. The Kier molecular flexibility index (Phi) is 8.76. The summed E-state index contributed by atoms with van der Waals surface area (Å²) in [6, 6.07) is 0.378. The van der Waals surface area contributed by atoms with Crippen molar-refractivity contribution in [2.24, 2.45) is 22.7 Å². The Hall–Kier alpha value is -0.730. The van der Waals surface area contributed by atoms with Crippen LogP contribution in [0.3, 0.4) is 0 Å². The predicted molar refractivity (Wildman–Crippen MR) is 115 cm³/mol. The number of amides is 1. The van der Waals surface area contributed by atoms with Gasteiger partial charge in [-0.3, -0.25) is 4.99 Å². The molecular formula is C19H35IN4O2. The van der Waals surface area contributed by atoms with E-state index in [1.807, 2.05) is 11.8 Å². The Bertz CT molecular complexity index is 460. The third-order valence-electron chi connectivity index (χ3n) is 5.62. The van der Waals surface area contributed by atoms with E-state index in [2.05, 4.69) is 17.6 Å². The van der Waals surface area contributed by atoms with Crippen molar-refractivity contribution in [1.82, 2.24) is 15.5 Å². The molecule has 0 aromatic heterocycles. The minimum Gasteiger partial charge on any atom is -0.450 e. The highest BCUT2D eigenvalue weighted by Crippen LogP contribution is 2.49. The first-order valence-electron chi connectivity index (χ1n) is 10.2. The lowest BCUT2D eigenvalue weighted by Crippen LogP contribution is -2.50. The van der Waals surface area contributed by atoms with Crippen LogP contribution in [0.2, 0.25) is 0 Å². The molecule has 3 aliphatic rings. The molecular weight excluding hydrogens is 443 g/mol. The lowest BCUT2D eigenvalue weighted by molar-refractivity contribution is 0.0963. The lowest BCUT2D eigenvalue weighted by atomic mass is 9.98. The lowest BCUT2D eigenvalue weighted by Gasteiger charge is -2.32. The van der Waals surface area contributed by atoms with Crippen LogP contribution < -0.4 is 10.6 Å². The standard InChI is InChI=1S/C19H34N4O2.HI/c1-3-20-18(21-13-17(14-5-6-14)15-7-8-15)22-16-9-11-23(12-10-16)19(24)25-4-2;/h14-17H,3-13H2,1-2H3,(H2,20,21,22);1H. The van der Waals surface area contributed by atoms with E-state index in [1.54, 1.807) is 0 Å². The number of nitrogens with zero attached hydrogens (tertiary/aromatic N) is 2. The molecule has 7 heteroatoms. The summed E-state index contributed by atoms with van der Waals surface area (Å²) in [5.74, 6) is 3.63. The Labute approximate surface area is 174 Å². The maximum absolute atomic E-state index is 11.8. The van der Waals surface area contributed by atoms with Crippen LogP contribution in [-0.2, 0) is 4.74 Å². The average molecular weight is 478 g/mol. The Morgan fingerprint density at radius 1 is 1.12 bits per heavy atom. The highest BCUT2D eigenvalue weighted by Gasteiger charge is 2.41. The second-order valence-electron chi connectivity index (χ2n) is 7.66. The van der Waals surface area contributed by atoms with Gasteiger partial charge in [-0.25, -0.2) is 4.79 Å². The topological polar surface area (TPSA) is 66.0 Å². The number of hydrogen-bond donors (Lipinski definition) is 2. The van der Waals surface area contributed by atoms with Gasteiger partial charge in [0.25, 0.3) is 0 Å². The zero-order chi connectivity index (χ0) is 17.6. The van der Waals surface area contributed by atoms with Crippen molar-refractivity contribution in [3.8, 4) is 0 Å². The molecule has 150 valence electrons. The summed E-state index contributed by atoms with van der Waals surface area (Å²) in [7, 11) is 0. The summed E-state index contributed by atoms with van der Waals surface area (Å²) in [6.45, 7) is 7.75. The molecule has 1 amide bonds. The van der Waals surface area contributed by atoms with Gasteiger partial charge in [-0.15, -0.1) is 24.0 Å². The number of piperidine rings is 1. The van der Waals surface area contributed by atoms with Gasteiger partial charge in [0.1, 0.15) is 0 Å². The summed E-state index contributed by atoms with van der Waals surface area (Å²) in [4.78, 5) is 18.5. The second-order valence-corrected chi connectivity index (χ2v) is 7.66. The number of nitrogens with one attached hydrogen (secondary N) is 2. The smallest absolute Gasteiger partial charge is 0.409 e. The molecule has 2 aliphatic carbocycles. The quantitative estimate of drug-likeness (QED) is 0.335. The van der Waals surface area contributed by atoms with E-state index in [1.165, 1.54) is 25.7 Å². The van der Waals surface area contributed by atoms with Crippen LogP contribution in [-0.4, -0.2) is 55.8 Å². The van der Waals surface area contributed by atoms with Crippen molar-refractivity contribution in [3.05, 3.63) is 0 Å². The maximum atomic E-state index is 11.8. The number of aliphatic imine (C=N–C) groups is 1. The fourth-order valence-corrected chi connectivity index (χ4v) is 3.86. The van der Waals surface area contributed by atoms with Crippen LogP contribution in [0.5, 0.6) is 0 Å². The SMILES string of the molecule is CCNC(=NCC(C1CC1)C1CC1)NC1CCN(C(=O)OCC)CC1.I. The van der Waals surface area contributed by atoms with Gasteiger partial charge in [-0.2, -0.15) is 0 Å². The van der Waals surface area contributed by atoms with Crippen LogP contribution in [0.1, 0.15) is 52.4 Å². The highest BCUT2D eigenvalue weighted by atomic mass is 127. The molecule has 1 heterocycles. The van der Waals surface area contributed by atoms with Crippen molar-refractivity contribution >= 4 is 36.0 Å². The van der Waals surface area contributed by atoms with E-state index in [4.69, 9.17) is 9.73 Å². The number of ether oxygens (including phenoxy) is 1. The Balaban J connectivity index is 0.00000243. The number of carbonyl (C=O) groups is 1. The molecule has 0 unspecified atom stereocenters. The molecule has 2 saturated carbocycles. The molecule has 26 heavy (non-hydrogen) atoms. The Morgan fingerprint density at radius 2 is 1.73 bits per heavy atom. The first kappa shape index (κ1) is 21.6. The number of carbonyl (C=O) groups excluding carboxylic acids is 1.